The average molecular weight is 264 g/mol. The van der Waals surface area contributed by atoms with Crippen LogP contribution in [-0.2, 0) is 12.2 Å². The van der Waals surface area contributed by atoms with Crippen LogP contribution in [-0.4, -0.2) is 0 Å². The molecule has 0 saturated carbocycles. The van der Waals surface area contributed by atoms with Crippen LogP contribution in [0.5, 0.6) is 0 Å². The molecule has 3 heteroatoms. The number of benzene rings is 1. The van der Waals surface area contributed by atoms with E-state index in [-0.39, 0.29) is 0 Å². The van der Waals surface area contributed by atoms with E-state index in [9.17, 15) is 8.78 Å². The highest BCUT2D eigenvalue weighted by molar-refractivity contribution is 8.02. The number of halogens is 2. The Morgan fingerprint density at radius 1 is 1.33 bits per heavy atom. The summed E-state index contributed by atoms with van der Waals surface area (Å²) in [7, 11) is 0. The van der Waals surface area contributed by atoms with E-state index in [2.05, 4.69) is 6.58 Å². The quantitative estimate of drug-likeness (QED) is 0.741. The van der Waals surface area contributed by atoms with Gasteiger partial charge in [0.15, 0.2) is 11.6 Å². The predicted molar refractivity (Wildman–Crippen MR) is 73.4 cm³/mol. The van der Waals surface area contributed by atoms with Gasteiger partial charge in [0.2, 0.25) is 0 Å². The molecule has 0 nitrogen and oxygen atoms in total. The first-order valence-corrected chi connectivity index (χ1v) is 6.72. The lowest BCUT2D eigenvalue weighted by Crippen LogP contribution is -1.99. The van der Waals surface area contributed by atoms with Crippen molar-refractivity contribution in [2.75, 3.05) is 0 Å². The molecule has 0 spiro atoms. The molecule has 1 aliphatic rings. The molecule has 2 rings (SSSR count). The van der Waals surface area contributed by atoms with Gasteiger partial charge in [0, 0.05) is 16.2 Å². The van der Waals surface area contributed by atoms with E-state index < -0.39 is 11.6 Å². The van der Waals surface area contributed by atoms with Crippen LogP contribution in [0.25, 0.3) is 0 Å². The molecule has 0 aliphatic carbocycles. The van der Waals surface area contributed by atoms with Gasteiger partial charge >= 0.3 is 0 Å². The molecule has 18 heavy (non-hydrogen) atoms. The highest BCUT2D eigenvalue weighted by Crippen LogP contribution is 2.35. The molecule has 94 valence electrons. The van der Waals surface area contributed by atoms with E-state index >= 15 is 0 Å². The van der Waals surface area contributed by atoms with Gasteiger partial charge in [-0.3, -0.25) is 0 Å². The second-order valence-corrected chi connectivity index (χ2v) is 5.08. The Morgan fingerprint density at radius 2 is 2.11 bits per heavy atom. The maximum absolute atomic E-state index is 13.8. The number of hydrogen-bond acceptors (Lipinski definition) is 1. The first-order valence-electron chi connectivity index (χ1n) is 5.74. The summed E-state index contributed by atoms with van der Waals surface area (Å²) >= 11 is 1.50. The second-order valence-electron chi connectivity index (χ2n) is 4.06. The van der Waals surface area contributed by atoms with Crippen molar-refractivity contribution >= 4 is 11.8 Å². The Morgan fingerprint density at radius 3 is 2.78 bits per heavy atom. The molecule has 0 saturated heterocycles. The van der Waals surface area contributed by atoms with E-state index in [0.29, 0.717) is 17.7 Å². The SMILES string of the molecule is C=CC1=C(/C=C\C)Cc2ccc(F)c(F)c2CS1. The lowest BCUT2D eigenvalue weighted by atomic mass is 9.99. The largest absolute Gasteiger partial charge is 0.204 e. The van der Waals surface area contributed by atoms with Crippen molar-refractivity contribution in [1.29, 1.82) is 0 Å². The molecule has 0 radical (unpaired) electrons. The minimum Gasteiger partial charge on any atom is -0.204 e. The van der Waals surface area contributed by atoms with Gasteiger partial charge in [0.25, 0.3) is 0 Å². The third kappa shape index (κ3) is 2.41. The molecular weight excluding hydrogens is 250 g/mol. The molecule has 0 N–H and O–H groups in total. The van der Waals surface area contributed by atoms with Crippen molar-refractivity contribution in [3.8, 4) is 0 Å². The zero-order valence-corrected chi connectivity index (χ0v) is 11.0. The third-order valence-corrected chi connectivity index (χ3v) is 4.09. The first-order chi connectivity index (χ1) is 8.67. The van der Waals surface area contributed by atoms with Crippen LogP contribution >= 0.6 is 11.8 Å². The average Bonchev–Trinajstić information content (AvgIpc) is 2.54. The molecule has 1 aliphatic heterocycles. The lowest BCUT2D eigenvalue weighted by Gasteiger charge is -2.07. The zero-order valence-electron chi connectivity index (χ0n) is 10.2. The molecule has 1 aromatic carbocycles. The maximum atomic E-state index is 13.8. The molecule has 0 fully saturated rings. The molecule has 0 amide bonds. The Kier molecular flexibility index (Phi) is 4.02. The van der Waals surface area contributed by atoms with E-state index in [4.69, 9.17) is 0 Å². The first kappa shape index (κ1) is 13.1. The van der Waals surface area contributed by atoms with Crippen molar-refractivity contribution in [1.82, 2.24) is 0 Å². The Hall–Kier alpha value is -1.35. The van der Waals surface area contributed by atoms with Gasteiger partial charge in [-0.05, 0) is 30.5 Å². The minimum atomic E-state index is -0.774. The highest BCUT2D eigenvalue weighted by Gasteiger charge is 2.18. The second kappa shape index (κ2) is 5.53. The van der Waals surface area contributed by atoms with Gasteiger partial charge in [-0.2, -0.15) is 0 Å². The monoisotopic (exact) mass is 264 g/mol. The van der Waals surface area contributed by atoms with Crippen LogP contribution in [0.4, 0.5) is 8.78 Å². The van der Waals surface area contributed by atoms with E-state index in [1.165, 1.54) is 17.8 Å². The molecule has 0 aromatic heterocycles. The van der Waals surface area contributed by atoms with Crippen LogP contribution in [0.3, 0.4) is 0 Å². The summed E-state index contributed by atoms with van der Waals surface area (Å²) in [5.41, 5.74) is 2.42. The smallest absolute Gasteiger partial charge is 0.163 e. The highest BCUT2D eigenvalue weighted by atomic mass is 32.2. The van der Waals surface area contributed by atoms with Crippen molar-refractivity contribution in [3.63, 3.8) is 0 Å². The lowest BCUT2D eigenvalue weighted by molar-refractivity contribution is 0.501. The molecular formula is C15H14F2S. The Labute approximate surface area is 110 Å². The zero-order chi connectivity index (χ0) is 13.1. The van der Waals surface area contributed by atoms with Gasteiger partial charge in [0.1, 0.15) is 0 Å². The normalized spacial score (nSPS) is 15.7. The van der Waals surface area contributed by atoms with Crippen molar-refractivity contribution in [2.45, 2.75) is 19.1 Å². The molecule has 0 atom stereocenters. The number of hydrogen-bond donors (Lipinski definition) is 0. The van der Waals surface area contributed by atoms with Crippen LogP contribution in [0.15, 0.2) is 47.4 Å². The molecule has 0 unspecified atom stereocenters. The number of fused-ring (bicyclic) bond motifs is 1. The van der Waals surface area contributed by atoms with Gasteiger partial charge < -0.3 is 0 Å². The fourth-order valence-electron chi connectivity index (χ4n) is 2.02. The van der Waals surface area contributed by atoms with E-state index in [1.54, 1.807) is 12.1 Å². The summed E-state index contributed by atoms with van der Waals surface area (Å²) in [5, 5.41) is 0. The number of rotatable bonds is 2. The van der Waals surface area contributed by atoms with Gasteiger partial charge in [-0.25, -0.2) is 8.78 Å². The predicted octanol–water partition coefficient (Wildman–Crippen LogP) is 4.77. The standard InChI is InChI=1S/C15H14F2S/c1-3-5-11-8-10-6-7-13(16)15(17)12(10)9-18-14(11)4-2/h3-7H,2,8-9H2,1H3/b5-3-. The molecule has 1 aromatic rings. The topological polar surface area (TPSA) is 0 Å². The van der Waals surface area contributed by atoms with Crippen molar-refractivity contribution in [2.24, 2.45) is 0 Å². The van der Waals surface area contributed by atoms with E-state index in [1.807, 2.05) is 19.1 Å². The maximum Gasteiger partial charge on any atom is 0.163 e. The van der Waals surface area contributed by atoms with E-state index in [0.717, 1.165) is 16.0 Å². The summed E-state index contributed by atoms with van der Waals surface area (Å²) in [5.74, 6) is -1.05. The summed E-state index contributed by atoms with van der Waals surface area (Å²) < 4.78 is 27.0. The van der Waals surface area contributed by atoms with Crippen molar-refractivity contribution < 1.29 is 8.78 Å². The summed E-state index contributed by atoms with van der Waals surface area (Å²) in [6.07, 6.45) is 6.34. The van der Waals surface area contributed by atoms with Gasteiger partial charge in [-0.1, -0.05) is 30.9 Å². The fraction of sp³-hybridized carbons (Fsp3) is 0.200. The minimum absolute atomic E-state index is 0.446. The van der Waals surface area contributed by atoms with Crippen LogP contribution < -0.4 is 0 Å². The van der Waals surface area contributed by atoms with Gasteiger partial charge in [-0.15, -0.1) is 11.8 Å². The third-order valence-electron chi connectivity index (χ3n) is 2.92. The van der Waals surface area contributed by atoms with Crippen LogP contribution in [0, 0.1) is 11.6 Å². The Bertz CT molecular complexity index is 542. The van der Waals surface area contributed by atoms with Crippen molar-refractivity contribution in [3.05, 3.63) is 70.2 Å². The molecule has 0 bridgehead atoms. The van der Waals surface area contributed by atoms with Crippen LogP contribution in [0.2, 0.25) is 0 Å². The summed E-state index contributed by atoms with van der Waals surface area (Å²) in [6.45, 7) is 5.72. The number of thioether (sulfide) groups is 1. The summed E-state index contributed by atoms with van der Waals surface area (Å²) in [4.78, 5) is 1.03. The van der Waals surface area contributed by atoms with Crippen LogP contribution in [0.1, 0.15) is 18.1 Å². The summed E-state index contributed by atoms with van der Waals surface area (Å²) in [6, 6.07) is 2.87. The number of allylic oxidation sites excluding steroid dienone is 4. The fourth-order valence-corrected chi connectivity index (χ4v) is 3.08. The Balaban J connectivity index is 2.49. The van der Waals surface area contributed by atoms with Gasteiger partial charge in [0.05, 0.1) is 0 Å². The molecule has 1 heterocycles.